The number of likely N-dealkylation sites (N-methyl/N-ethyl adjacent to an activating group) is 1. The number of amides is 1. The minimum absolute atomic E-state index is 0.212. The molecular formula is C26H52N4O2. The largest absolute Gasteiger partial charge is 0.444 e. The van der Waals surface area contributed by atoms with Gasteiger partial charge in [-0.05, 0) is 110 Å². The SMILES string of the molecule is CN[C@@H]1CCCN(CCC(C)CCC(C)(C)OC(=O)N[C@@H]2CCCN(CCC(C)C)C2)C1. The number of carbonyl (C=O) groups excluding carboxylic acids is 1. The molecule has 0 aromatic rings. The average Bonchev–Trinajstić information content (AvgIpc) is 2.75. The number of ether oxygens (including phenoxy) is 1. The van der Waals surface area contributed by atoms with Crippen LogP contribution in [-0.4, -0.2) is 79.9 Å². The normalized spacial score (nSPS) is 24.5. The summed E-state index contributed by atoms with van der Waals surface area (Å²) in [5.74, 6) is 1.37. The van der Waals surface area contributed by atoms with Gasteiger partial charge >= 0.3 is 6.09 Å². The highest BCUT2D eigenvalue weighted by Gasteiger charge is 2.27. The van der Waals surface area contributed by atoms with Crippen molar-refractivity contribution in [3.63, 3.8) is 0 Å². The molecule has 0 aromatic carbocycles. The molecule has 2 heterocycles. The van der Waals surface area contributed by atoms with Gasteiger partial charge < -0.3 is 25.2 Å². The maximum atomic E-state index is 12.6. The third-order valence-corrected chi connectivity index (χ3v) is 7.31. The van der Waals surface area contributed by atoms with Crippen LogP contribution < -0.4 is 10.6 Å². The molecule has 3 atom stereocenters. The van der Waals surface area contributed by atoms with Crippen molar-refractivity contribution in [1.82, 2.24) is 20.4 Å². The van der Waals surface area contributed by atoms with Gasteiger partial charge in [-0.3, -0.25) is 0 Å². The van der Waals surface area contributed by atoms with E-state index in [0.29, 0.717) is 12.0 Å². The van der Waals surface area contributed by atoms with E-state index in [9.17, 15) is 4.79 Å². The van der Waals surface area contributed by atoms with Gasteiger partial charge in [0.1, 0.15) is 5.60 Å². The number of hydrogen-bond acceptors (Lipinski definition) is 5. The Hall–Kier alpha value is -0.850. The molecule has 188 valence electrons. The van der Waals surface area contributed by atoms with Crippen LogP contribution in [0.15, 0.2) is 0 Å². The Labute approximate surface area is 198 Å². The number of alkyl carbamates (subject to hydrolysis) is 1. The van der Waals surface area contributed by atoms with E-state index in [1.165, 1.54) is 45.3 Å². The Kier molecular flexibility index (Phi) is 11.8. The van der Waals surface area contributed by atoms with E-state index in [4.69, 9.17) is 4.74 Å². The van der Waals surface area contributed by atoms with E-state index in [2.05, 4.69) is 62.1 Å². The molecule has 1 unspecified atom stereocenters. The van der Waals surface area contributed by atoms with Crippen LogP contribution in [0.5, 0.6) is 0 Å². The summed E-state index contributed by atoms with van der Waals surface area (Å²) in [6, 6.07) is 0.862. The van der Waals surface area contributed by atoms with E-state index in [1.807, 2.05) is 0 Å². The summed E-state index contributed by atoms with van der Waals surface area (Å²) in [5, 5.41) is 6.57. The van der Waals surface area contributed by atoms with Crippen molar-refractivity contribution in [2.24, 2.45) is 11.8 Å². The van der Waals surface area contributed by atoms with Crippen molar-refractivity contribution in [3.05, 3.63) is 0 Å². The third-order valence-electron chi connectivity index (χ3n) is 7.31. The summed E-state index contributed by atoms with van der Waals surface area (Å²) in [4.78, 5) is 17.7. The van der Waals surface area contributed by atoms with E-state index in [1.54, 1.807) is 0 Å². The van der Waals surface area contributed by atoms with Gasteiger partial charge in [-0.25, -0.2) is 4.79 Å². The molecule has 2 aliphatic rings. The lowest BCUT2D eigenvalue weighted by molar-refractivity contribution is 0.0238. The van der Waals surface area contributed by atoms with Crippen LogP contribution in [0, 0.1) is 11.8 Å². The molecule has 6 nitrogen and oxygen atoms in total. The number of nitrogens with zero attached hydrogens (tertiary/aromatic N) is 2. The van der Waals surface area contributed by atoms with Crippen LogP contribution in [-0.2, 0) is 4.74 Å². The number of piperidine rings is 2. The highest BCUT2D eigenvalue weighted by Crippen LogP contribution is 2.23. The van der Waals surface area contributed by atoms with Gasteiger partial charge in [-0.15, -0.1) is 0 Å². The summed E-state index contributed by atoms with van der Waals surface area (Å²) < 4.78 is 5.86. The summed E-state index contributed by atoms with van der Waals surface area (Å²) in [5.41, 5.74) is -0.424. The molecule has 2 saturated heterocycles. The standard InChI is InChI=1S/C26H52N4O2/c1-21(2)12-17-29-16-8-10-24(20-29)28-25(31)32-26(4,5)14-11-22(3)13-18-30-15-7-9-23(19-30)27-6/h21-24,27H,7-20H2,1-6H3,(H,28,31)/t22?,23-,24-/m1/s1. The molecule has 0 aliphatic carbocycles. The van der Waals surface area contributed by atoms with Crippen molar-refractivity contribution in [2.75, 3.05) is 46.3 Å². The van der Waals surface area contributed by atoms with E-state index < -0.39 is 5.60 Å². The summed E-state index contributed by atoms with van der Waals surface area (Å²) in [6.45, 7) is 17.8. The zero-order valence-electron chi connectivity index (χ0n) is 21.9. The second kappa shape index (κ2) is 13.8. The molecule has 6 heteroatoms. The first-order chi connectivity index (χ1) is 15.2. The Morgan fingerprint density at radius 2 is 1.56 bits per heavy atom. The minimum atomic E-state index is -0.424. The smallest absolute Gasteiger partial charge is 0.407 e. The predicted octanol–water partition coefficient (Wildman–Crippen LogP) is 4.49. The van der Waals surface area contributed by atoms with Crippen LogP contribution in [0.25, 0.3) is 0 Å². The molecular weight excluding hydrogens is 400 g/mol. The van der Waals surface area contributed by atoms with Crippen LogP contribution in [0.1, 0.15) is 86.0 Å². The van der Waals surface area contributed by atoms with Crippen molar-refractivity contribution < 1.29 is 9.53 Å². The maximum Gasteiger partial charge on any atom is 0.407 e. The highest BCUT2D eigenvalue weighted by molar-refractivity contribution is 5.68. The second-order valence-electron chi connectivity index (χ2n) is 11.5. The highest BCUT2D eigenvalue weighted by atomic mass is 16.6. The predicted molar refractivity (Wildman–Crippen MR) is 134 cm³/mol. The van der Waals surface area contributed by atoms with Gasteiger partial charge in [0.15, 0.2) is 0 Å². The first-order valence-electron chi connectivity index (χ1n) is 13.3. The quantitative estimate of drug-likeness (QED) is 0.457. The van der Waals surface area contributed by atoms with Crippen LogP contribution in [0.2, 0.25) is 0 Å². The number of rotatable bonds is 12. The van der Waals surface area contributed by atoms with Crippen molar-refractivity contribution in [1.29, 1.82) is 0 Å². The molecule has 0 aromatic heterocycles. The topological polar surface area (TPSA) is 56.8 Å². The summed E-state index contributed by atoms with van der Waals surface area (Å²) in [6.07, 6.45) is 8.99. The van der Waals surface area contributed by atoms with Crippen LogP contribution in [0.4, 0.5) is 4.79 Å². The lowest BCUT2D eigenvalue weighted by Crippen LogP contribution is -2.49. The van der Waals surface area contributed by atoms with Gasteiger partial charge in [-0.2, -0.15) is 0 Å². The Balaban J connectivity index is 1.64. The molecule has 2 rings (SSSR count). The fraction of sp³-hybridized carbons (Fsp3) is 0.962. The lowest BCUT2D eigenvalue weighted by atomic mass is 9.93. The number of hydrogen-bond donors (Lipinski definition) is 2. The van der Waals surface area contributed by atoms with Gasteiger partial charge in [-0.1, -0.05) is 20.8 Å². The molecule has 0 bridgehead atoms. The van der Waals surface area contributed by atoms with E-state index in [-0.39, 0.29) is 12.1 Å². The van der Waals surface area contributed by atoms with Crippen molar-refractivity contribution in [3.8, 4) is 0 Å². The fourth-order valence-electron chi connectivity index (χ4n) is 4.95. The number of nitrogens with one attached hydrogen (secondary N) is 2. The number of likely N-dealkylation sites (tertiary alicyclic amines) is 2. The van der Waals surface area contributed by atoms with Crippen LogP contribution >= 0.6 is 0 Å². The van der Waals surface area contributed by atoms with Gasteiger partial charge in [0.25, 0.3) is 0 Å². The monoisotopic (exact) mass is 452 g/mol. The molecule has 0 spiro atoms. The molecule has 32 heavy (non-hydrogen) atoms. The molecule has 0 saturated carbocycles. The molecule has 2 N–H and O–H groups in total. The van der Waals surface area contributed by atoms with Crippen molar-refractivity contribution >= 4 is 6.09 Å². The van der Waals surface area contributed by atoms with Crippen LogP contribution in [0.3, 0.4) is 0 Å². The summed E-state index contributed by atoms with van der Waals surface area (Å²) in [7, 11) is 2.08. The first kappa shape index (κ1) is 27.4. The minimum Gasteiger partial charge on any atom is -0.444 e. The Morgan fingerprint density at radius 3 is 2.19 bits per heavy atom. The van der Waals surface area contributed by atoms with E-state index >= 15 is 0 Å². The zero-order valence-corrected chi connectivity index (χ0v) is 21.9. The van der Waals surface area contributed by atoms with Gasteiger partial charge in [0.2, 0.25) is 0 Å². The summed E-state index contributed by atoms with van der Waals surface area (Å²) >= 11 is 0. The molecule has 2 aliphatic heterocycles. The zero-order chi connectivity index (χ0) is 23.6. The Morgan fingerprint density at radius 1 is 0.969 bits per heavy atom. The first-order valence-corrected chi connectivity index (χ1v) is 13.3. The van der Waals surface area contributed by atoms with Crippen molar-refractivity contribution in [2.45, 2.75) is 104 Å². The fourth-order valence-corrected chi connectivity index (χ4v) is 4.95. The average molecular weight is 453 g/mol. The van der Waals surface area contributed by atoms with E-state index in [0.717, 1.165) is 51.2 Å². The number of carbonyl (C=O) groups is 1. The van der Waals surface area contributed by atoms with Gasteiger partial charge in [0.05, 0.1) is 0 Å². The second-order valence-corrected chi connectivity index (χ2v) is 11.5. The Bertz CT molecular complexity index is 540. The maximum absolute atomic E-state index is 12.6. The lowest BCUT2D eigenvalue weighted by Gasteiger charge is -2.34. The molecule has 0 radical (unpaired) electrons. The third kappa shape index (κ3) is 10.8. The van der Waals surface area contributed by atoms with Gasteiger partial charge in [0, 0.05) is 25.2 Å². The molecule has 2 fully saturated rings. The molecule has 1 amide bonds.